The van der Waals surface area contributed by atoms with Gasteiger partial charge in [-0.1, -0.05) is 0 Å². The second kappa shape index (κ2) is 7.01. The van der Waals surface area contributed by atoms with Crippen LogP contribution in [0.4, 0.5) is 14.7 Å². The number of nitrogen functional groups attached to an aromatic ring is 1. The summed E-state index contributed by atoms with van der Waals surface area (Å²) in [6.07, 6.45) is -6.87. The fourth-order valence-corrected chi connectivity index (χ4v) is 5.90. The van der Waals surface area contributed by atoms with Crippen LogP contribution < -0.4 is 11.3 Å². The number of alkyl halides is 2. The number of hydrogen-bond donors (Lipinski definition) is 3. The van der Waals surface area contributed by atoms with Gasteiger partial charge < -0.3 is 24.6 Å². The number of aliphatic hydroxyl groups is 1. The number of nitrogens with two attached hydrogens (primary N) is 1. The fraction of sp³-hybridized carbons (Fsp3) is 0.643. The molecular formula is C14H18F2N5O6PS. The second-order valence-electron chi connectivity index (χ2n) is 6.93. The van der Waals surface area contributed by atoms with Crippen LogP contribution in [0, 0.1) is 0 Å². The van der Waals surface area contributed by atoms with Crippen molar-refractivity contribution < 1.29 is 32.2 Å². The average Bonchev–Trinajstić information content (AvgIpc) is 3.14. The number of nitrogens with zero attached hydrogens (tertiary/aromatic N) is 3. The summed E-state index contributed by atoms with van der Waals surface area (Å²) in [5, 5.41) is 10.8. The average molecular weight is 453 g/mol. The monoisotopic (exact) mass is 453 g/mol. The number of halogens is 2. The van der Waals surface area contributed by atoms with Crippen LogP contribution in [0.25, 0.3) is 11.2 Å². The summed E-state index contributed by atoms with van der Waals surface area (Å²) in [5.41, 5.74) is 2.50. The van der Waals surface area contributed by atoms with E-state index in [0.717, 1.165) is 10.9 Å². The molecular weight excluding hydrogens is 435 g/mol. The van der Waals surface area contributed by atoms with E-state index in [0.29, 0.717) is 0 Å². The van der Waals surface area contributed by atoms with Crippen molar-refractivity contribution in [2.75, 3.05) is 12.3 Å². The second-order valence-corrected chi connectivity index (χ2v) is 9.85. The molecule has 2 aliphatic heterocycles. The first-order chi connectivity index (χ1) is 13.6. The summed E-state index contributed by atoms with van der Waals surface area (Å²) in [6.45, 7) is -0.653. The molecule has 0 aliphatic carbocycles. The zero-order valence-electron chi connectivity index (χ0n) is 15.2. The molecule has 160 valence electrons. The molecule has 5 atom stereocenters. The van der Waals surface area contributed by atoms with E-state index in [4.69, 9.17) is 35.8 Å². The number of aromatic amines is 1. The van der Waals surface area contributed by atoms with Crippen molar-refractivity contribution in [1.82, 2.24) is 19.5 Å². The zero-order valence-corrected chi connectivity index (χ0v) is 16.9. The molecule has 2 aromatic rings. The topological polar surface area (TPSA) is 147 Å². The Labute approximate surface area is 167 Å². The molecule has 2 saturated heterocycles. The van der Waals surface area contributed by atoms with Gasteiger partial charge in [-0.3, -0.25) is 18.9 Å². The first-order valence-electron chi connectivity index (χ1n) is 8.54. The zero-order chi connectivity index (χ0) is 21.1. The van der Waals surface area contributed by atoms with Gasteiger partial charge in [0, 0.05) is 0 Å². The van der Waals surface area contributed by atoms with E-state index >= 15 is 0 Å². The van der Waals surface area contributed by atoms with Gasteiger partial charge in [0.2, 0.25) is 5.95 Å². The summed E-state index contributed by atoms with van der Waals surface area (Å²) >= 11 is 5.23. The lowest BCUT2D eigenvalue weighted by molar-refractivity contribution is -0.204. The van der Waals surface area contributed by atoms with E-state index in [-0.39, 0.29) is 23.2 Å². The maximum Gasteiger partial charge on any atom is 0.328 e. The minimum absolute atomic E-state index is 0.0443. The Bertz CT molecular complexity index is 1050. The quantitative estimate of drug-likeness (QED) is 0.564. The van der Waals surface area contributed by atoms with E-state index in [9.17, 15) is 18.7 Å². The highest BCUT2D eigenvalue weighted by Crippen LogP contribution is 2.61. The molecule has 0 saturated carbocycles. The molecule has 2 fully saturated rings. The maximum absolute atomic E-state index is 14.0. The molecule has 0 amide bonds. The van der Waals surface area contributed by atoms with E-state index in [1.54, 1.807) is 13.8 Å². The molecule has 4 rings (SSSR count). The van der Waals surface area contributed by atoms with E-state index < -0.39 is 49.3 Å². The number of aromatic nitrogens is 4. The summed E-state index contributed by atoms with van der Waals surface area (Å²) < 4.78 is 51.1. The van der Waals surface area contributed by atoms with Crippen LogP contribution >= 0.6 is 6.72 Å². The number of hydrogen-bond acceptors (Lipinski definition) is 10. The van der Waals surface area contributed by atoms with Gasteiger partial charge in [-0.25, -0.2) is 13.8 Å². The fourth-order valence-electron chi connectivity index (χ4n) is 3.32. The number of anilines is 1. The van der Waals surface area contributed by atoms with Crippen molar-refractivity contribution in [2.45, 2.75) is 50.4 Å². The predicted octanol–water partition coefficient (Wildman–Crippen LogP) is 0.660. The van der Waals surface area contributed by atoms with Gasteiger partial charge in [-0.05, 0) is 25.7 Å². The summed E-state index contributed by atoms with van der Waals surface area (Å²) in [6, 6.07) is 0. The highest BCUT2D eigenvalue weighted by Gasteiger charge is 2.66. The SMILES string of the molecule is CC(C)OP1(=S)OC[C@@]2(C(F)F)O[C@@H](n3cnc4c(=O)[nH]c(N)nc43)[C@H](O)[C@H]2O1. The van der Waals surface area contributed by atoms with Crippen molar-refractivity contribution in [3.05, 3.63) is 16.7 Å². The van der Waals surface area contributed by atoms with Crippen LogP contribution in [-0.4, -0.2) is 61.6 Å². The third kappa shape index (κ3) is 3.28. The maximum atomic E-state index is 14.0. The molecule has 29 heavy (non-hydrogen) atoms. The van der Waals surface area contributed by atoms with Gasteiger partial charge in [0.05, 0.1) is 19.0 Å². The summed E-state index contributed by atoms with van der Waals surface area (Å²) in [5.74, 6) is -0.210. The lowest BCUT2D eigenvalue weighted by Gasteiger charge is -2.41. The number of imidazole rings is 1. The Morgan fingerprint density at radius 2 is 2.28 bits per heavy atom. The number of nitrogens with one attached hydrogen (secondary N) is 1. The minimum Gasteiger partial charge on any atom is -0.386 e. The van der Waals surface area contributed by atoms with Gasteiger partial charge in [0.25, 0.3) is 12.0 Å². The molecule has 4 heterocycles. The number of rotatable bonds is 4. The first kappa shape index (κ1) is 20.7. The van der Waals surface area contributed by atoms with Crippen LogP contribution in [0.1, 0.15) is 20.1 Å². The van der Waals surface area contributed by atoms with Gasteiger partial charge >= 0.3 is 6.72 Å². The lowest BCUT2D eigenvalue weighted by atomic mass is 9.96. The molecule has 2 aromatic heterocycles. The Morgan fingerprint density at radius 1 is 1.55 bits per heavy atom. The van der Waals surface area contributed by atoms with Gasteiger partial charge in [-0.15, -0.1) is 0 Å². The van der Waals surface area contributed by atoms with Crippen LogP contribution in [0.15, 0.2) is 11.1 Å². The van der Waals surface area contributed by atoms with Crippen LogP contribution in [0.3, 0.4) is 0 Å². The lowest BCUT2D eigenvalue weighted by Crippen LogP contribution is -2.56. The Hall–Kier alpha value is -1.54. The van der Waals surface area contributed by atoms with Gasteiger partial charge in [0.15, 0.2) is 23.0 Å². The molecule has 0 aromatic carbocycles. The first-order valence-corrected chi connectivity index (χ1v) is 11.1. The van der Waals surface area contributed by atoms with Gasteiger partial charge in [0.1, 0.15) is 12.2 Å². The number of fused-ring (bicyclic) bond motifs is 2. The molecule has 0 bridgehead atoms. The summed E-state index contributed by atoms with van der Waals surface area (Å²) in [4.78, 5) is 22.1. The molecule has 2 aliphatic rings. The molecule has 11 nitrogen and oxygen atoms in total. The smallest absolute Gasteiger partial charge is 0.328 e. The number of ether oxygens (including phenoxy) is 1. The molecule has 0 radical (unpaired) electrons. The number of H-pyrrole nitrogens is 1. The third-order valence-electron chi connectivity index (χ3n) is 4.55. The van der Waals surface area contributed by atoms with Crippen molar-refractivity contribution in [3.8, 4) is 0 Å². The number of aliphatic hydroxyl groups excluding tert-OH is 1. The standard InChI is InChI=1S/C14H18F2N5O6PS/c1-5(2)26-28(29)24-3-14(12(15)16)8(27-28)7(22)11(25-14)21-4-18-6-9(21)19-13(17)20-10(6)23/h4-5,7-8,11-12,22H,3H2,1-2H3,(H3,17,19,20,23)/t7-,8-,11-,14-,28?/m1/s1. The molecule has 4 N–H and O–H groups in total. The van der Waals surface area contributed by atoms with Crippen molar-refractivity contribution >= 4 is 35.6 Å². The third-order valence-corrected chi connectivity index (χ3v) is 6.99. The minimum atomic E-state index is -3.38. The normalized spacial score (nSPS) is 34.9. The largest absolute Gasteiger partial charge is 0.386 e. The Balaban J connectivity index is 1.76. The molecule has 1 unspecified atom stereocenters. The highest BCUT2D eigenvalue weighted by molar-refractivity contribution is 8.07. The van der Waals surface area contributed by atoms with E-state index in [1.807, 2.05) is 0 Å². The van der Waals surface area contributed by atoms with Crippen molar-refractivity contribution in [2.24, 2.45) is 0 Å². The molecule has 0 spiro atoms. The van der Waals surface area contributed by atoms with E-state index in [1.165, 1.54) is 0 Å². The molecule has 15 heteroatoms. The van der Waals surface area contributed by atoms with E-state index in [2.05, 4.69) is 15.0 Å². The highest BCUT2D eigenvalue weighted by atomic mass is 32.5. The summed E-state index contributed by atoms with van der Waals surface area (Å²) in [7, 11) is 0. The van der Waals surface area contributed by atoms with Gasteiger partial charge in [-0.2, -0.15) is 4.98 Å². The Morgan fingerprint density at radius 3 is 2.93 bits per heavy atom. The Kier molecular flexibility index (Phi) is 5.01. The predicted molar refractivity (Wildman–Crippen MR) is 98.8 cm³/mol. The van der Waals surface area contributed by atoms with Crippen molar-refractivity contribution in [3.63, 3.8) is 0 Å². The van der Waals surface area contributed by atoms with Crippen LogP contribution in [-0.2, 0) is 30.1 Å². The van der Waals surface area contributed by atoms with Crippen LogP contribution in [0.5, 0.6) is 0 Å². The van der Waals surface area contributed by atoms with Crippen molar-refractivity contribution in [1.29, 1.82) is 0 Å². The van der Waals surface area contributed by atoms with Crippen LogP contribution in [0.2, 0.25) is 0 Å².